The summed E-state index contributed by atoms with van der Waals surface area (Å²) in [5.41, 5.74) is 4.58. The van der Waals surface area contributed by atoms with Gasteiger partial charge in [0.05, 0.1) is 7.11 Å². The predicted molar refractivity (Wildman–Crippen MR) is 116 cm³/mol. The average Bonchev–Trinajstić information content (AvgIpc) is 2.73. The van der Waals surface area contributed by atoms with Crippen LogP contribution in [0.3, 0.4) is 0 Å². The molecule has 0 spiro atoms. The summed E-state index contributed by atoms with van der Waals surface area (Å²) in [6.07, 6.45) is 1.76. The SMILES string of the molecule is COc1cccc(CNc2ccccn2)c1OCCOc1cc(C)cc(C)c1C. The van der Waals surface area contributed by atoms with Crippen molar-refractivity contribution in [2.24, 2.45) is 0 Å². The fraction of sp³-hybridized carbons (Fsp3) is 0.292. The molecular weight excluding hydrogens is 364 g/mol. The van der Waals surface area contributed by atoms with Crippen molar-refractivity contribution < 1.29 is 14.2 Å². The van der Waals surface area contributed by atoms with E-state index in [4.69, 9.17) is 14.2 Å². The van der Waals surface area contributed by atoms with Gasteiger partial charge in [-0.15, -0.1) is 0 Å². The fourth-order valence-electron chi connectivity index (χ4n) is 3.12. The summed E-state index contributed by atoms with van der Waals surface area (Å²) in [7, 11) is 1.65. The van der Waals surface area contributed by atoms with Gasteiger partial charge in [0.1, 0.15) is 24.8 Å². The quantitative estimate of drug-likeness (QED) is 0.514. The molecule has 5 heteroatoms. The smallest absolute Gasteiger partial charge is 0.166 e. The lowest BCUT2D eigenvalue weighted by Crippen LogP contribution is -2.12. The Labute approximate surface area is 172 Å². The normalized spacial score (nSPS) is 10.5. The van der Waals surface area contributed by atoms with Gasteiger partial charge in [-0.2, -0.15) is 0 Å². The van der Waals surface area contributed by atoms with E-state index in [1.165, 1.54) is 11.1 Å². The highest BCUT2D eigenvalue weighted by molar-refractivity contribution is 5.48. The first kappa shape index (κ1) is 20.5. The zero-order valence-electron chi connectivity index (χ0n) is 17.5. The Morgan fingerprint density at radius 3 is 2.48 bits per heavy atom. The van der Waals surface area contributed by atoms with Crippen LogP contribution in [-0.2, 0) is 6.54 Å². The van der Waals surface area contributed by atoms with Crippen molar-refractivity contribution >= 4 is 5.82 Å². The maximum absolute atomic E-state index is 6.06. The standard InChI is InChI=1S/C24H28N2O3/c1-17-14-18(2)19(3)22(15-17)28-12-13-29-24-20(8-7-9-21(24)27-4)16-26-23-10-5-6-11-25-23/h5-11,14-15H,12-13,16H2,1-4H3,(H,25,26). The van der Waals surface area contributed by atoms with Crippen LogP contribution >= 0.6 is 0 Å². The molecule has 0 bridgehead atoms. The molecule has 2 aromatic carbocycles. The first-order chi connectivity index (χ1) is 14.1. The number of hydrogen-bond donors (Lipinski definition) is 1. The van der Waals surface area contributed by atoms with Crippen LogP contribution in [0.25, 0.3) is 0 Å². The van der Waals surface area contributed by atoms with Gasteiger partial charge in [-0.25, -0.2) is 4.98 Å². The molecule has 3 rings (SSSR count). The summed E-state index contributed by atoms with van der Waals surface area (Å²) < 4.78 is 17.5. The van der Waals surface area contributed by atoms with Gasteiger partial charge in [-0.3, -0.25) is 0 Å². The van der Waals surface area contributed by atoms with Crippen LogP contribution in [0.4, 0.5) is 5.82 Å². The highest BCUT2D eigenvalue weighted by atomic mass is 16.5. The highest BCUT2D eigenvalue weighted by Crippen LogP contribution is 2.31. The molecule has 0 saturated heterocycles. The number of methoxy groups -OCH3 is 1. The monoisotopic (exact) mass is 392 g/mol. The summed E-state index contributed by atoms with van der Waals surface area (Å²) in [4.78, 5) is 4.29. The Kier molecular flexibility index (Phi) is 6.95. The molecule has 0 unspecified atom stereocenters. The fourth-order valence-corrected chi connectivity index (χ4v) is 3.12. The number of rotatable bonds is 9. The summed E-state index contributed by atoms with van der Waals surface area (Å²) in [6, 6.07) is 15.9. The molecule has 0 aliphatic carbocycles. The minimum atomic E-state index is 0.420. The van der Waals surface area contributed by atoms with E-state index in [9.17, 15) is 0 Å². The third kappa shape index (κ3) is 5.41. The molecule has 1 aromatic heterocycles. The third-order valence-electron chi connectivity index (χ3n) is 4.76. The van der Waals surface area contributed by atoms with Crippen molar-refractivity contribution in [2.45, 2.75) is 27.3 Å². The van der Waals surface area contributed by atoms with Gasteiger partial charge < -0.3 is 19.5 Å². The average molecular weight is 392 g/mol. The molecule has 1 heterocycles. The largest absolute Gasteiger partial charge is 0.493 e. The molecule has 1 N–H and O–H groups in total. The topological polar surface area (TPSA) is 52.6 Å². The molecule has 0 fully saturated rings. The summed E-state index contributed by atoms with van der Waals surface area (Å²) in [5, 5.41) is 3.31. The van der Waals surface area contributed by atoms with Crippen molar-refractivity contribution in [3.05, 3.63) is 77.0 Å². The minimum Gasteiger partial charge on any atom is -0.493 e. The molecule has 0 aliphatic heterocycles. The van der Waals surface area contributed by atoms with Crippen LogP contribution in [0.1, 0.15) is 22.3 Å². The van der Waals surface area contributed by atoms with Crippen LogP contribution in [0.5, 0.6) is 17.2 Å². The number of pyridine rings is 1. The van der Waals surface area contributed by atoms with Gasteiger partial charge in [0.25, 0.3) is 0 Å². The number of nitrogens with one attached hydrogen (secondary N) is 1. The van der Waals surface area contributed by atoms with Crippen molar-refractivity contribution in [1.29, 1.82) is 0 Å². The van der Waals surface area contributed by atoms with E-state index in [0.717, 1.165) is 28.4 Å². The number of aromatic nitrogens is 1. The molecule has 0 amide bonds. The second-order valence-electron chi connectivity index (χ2n) is 6.92. The zero-order chi connectivity index (χ0) is 20.6. The van der Waals surface area contributed by atoms with Crippen LogP contribution < -0.4 is 19.5 Å². The highest BCUT2D eigenvalue weighted by Gasteiger charge is 2.11. The third-order valence-corrected chi connectivity index (χ3v) is 4.76. The second-order valence-corrected chi connectivity index (χ2v) is 6.92. The number of hydrogen-bond acceptors (Lipinski definition) is 5. The Balaban J connectivity index is 1.63. The number of anilines is 1. The molecule has 0 atom stereocenters. The van der Waals surface area contributed by atoms with Gasteiger partial charge in [-0.1, -0.05) is 24.3 Å². The lowest BCUT2D eigenvalue weighted by Gasteiger charge is -2.17. The van der Waals surface area contributed by atoms with Crippen molar-refractivity contribution in [3.8, 4) is 17.2 Å². The predicted octanol–water partition coefficient (Wildman–Crippen LogP) is 5.09. The van der Waals surface area contributed by atoms with Gasteiger partial charge >= 0.3 is 0 Å². The van der Waals surface area contributed by atoms with E-state index in [1.54, 1.807) is 13.3 Å². The first-order valence-electron chi connectivity index (χ1n) is 9.72. The summed E-state index contributed by atoms with van der Waals surface area (Å²) in [5.74, 6) is 3.14. The molecule has 29 heavy (non-hydrogen) atoms. The Hall–Kier alpha value is -3.21. The molecular formula is C24H28N2O3. The van der Waals surface area contributed by atoms with Gasteiger partial charge in [0, 0.05) is 18.3 Å². The van der Waals surface area contributed by atoms with E-state index in [-0.39, 0.29) is 0 Å². The van der Waals surface area contributed by atoms with Crippen LogP contribution in [0.15, 0.2) is 54.7 Å². The number of nitrogens with zero attached hydrogens (tertiary/aromatic N) is 1. The Bertz CT molecular complexity index is 942. The molecule has 3 aromatic rings. The first-order valence-corrected chi connectivity index (χ1v) is 9.72. The molecule has 0 aliphatic rings. The molecule has 0 radical (unpaired) electrons. The lowest BCUT2D eigenvalue weighted by atomic mass is 10.1. The Morgan fingerprint density at radius 2 is 1.72 bits per heavy atom. The van der Waals surface area contributed by atoms with Gasteiger partial charge in [-0.05, 0) is 61.7 Å². The van der Waals surface area contributed by atoms with Crippen LogP contribution in [-0.4, -0.2) is 25.3 Å². The van der Waals surface area contributed by atoms with E-state index in [1.807, 2.05) is 36.4 Å². The van der Waals surface area contributed by atoms with Gasteiger partial charge in [0.2, 0.25) is 0 Å². The van der Waals surface area contributed by atoms with E-state index in [0.29, 0.717) is 25.5 Å². The van der Waals surface area contributed by atoms with Crippen LogP contribution in [0.2, 0.25) is 0 Å². The number of benzene rings is 2. The van der Waals surface area contributed by atoms with Crippen LogP contribution in [0, 0.1) is 20.8 Å². The van der Waals surface area contributed by atoms with E-state index >= 15 is 0 Å². The molecule has 152 valence electrons. The Morgan fingerprint density at radius 1 is 0.897 bits per heavy atom. The van der Waals surface area contributed by atoms with E-state index < -0.39 is 0 Å². The number of para-hydroxylation sites is 1. The minimum absolute atomic E-state index is 0.420. The number of ether oxygens (including phenoxy) is 3. The molecule has 0 saturated carbocycles. The lowest BCUT2D eigenvalue weighted by molar-refractivity contribution is 0.209. The summed E-state index contributed by atoms with van der Waals surface area (Å²) in [6.45, 7) is 7.71. The molecule has 5 nitrogen and oxygen atoms in total. The van der Waals surface area contributed by atoms with Crippen molar-refractivity contribution in [1.82, 2.24) is 4.98 Å². The van der Waals surface area contributed by atoms with E-state index in [2.05, 4.69) is 43.2 Å². The maximum Gasteiger partial charge on any atom is 0.166 e. The van der Waals surface area contributed by atoms with Crippen molar-refractivity contribution in [3.63, 3.8) is 0 Å². The maximum atomic E-state index is 6.06. The van der Waals surface area contributed by atoms with Gasteiger partial charge in [0.15, 0.2) is 11.5 Å². The second kappa shape index (κ2) is 9.82. The number of aryl methyl sites for hydroxylation is 2. The zero-order valence-corrected chi connectivity index (χ0v) is 17.5. The van der Waals surface area contributed by atoms with Crippen molar-refractivity contribution in [2.75, 3.05) is 25.6 Å². The summed E-state index contributed by atoms with van der Waals surface area (Å²) >= 11 is 0.